The van der Waals surface area contributed by atoms with Crippen molar-refractivity contribution < 1.29 is 9.69 Å². The molecule has 1 aliphatic rings. The Morgan fingerprint density at radius 2 is 2.11 bits per heavy atom. The summed E-state index contributed by atoms with van der Waals surface area (Å²) in [6.07, 6.45) is 0. The smallest absolute Gasteiger partial charge is 0.275 e. The third-order valence-electron chi connectivity index (χ3n) is 3.62. The van der Waals surface area contributed by atoms with Crippen LogP contribution in [0.4, 0.5) is 5.69 Å². The lowest BCUT2D eigenvalue weighted by molar-refractivity contribution is -0.914. The molecule has 0 aromatic heterocycles. The van der Waals surface area contributed by atoms with Crippen LogP contribution in [-0.4, -0.2) is 38.1 Å². The zero-order valence-corrected chi connectivity index (χ0v) is 11.3. The first kappa shape index (κ1) is 13.2. The van der Waals surface area contributed by atoms with Crippen LogP contribution in [-0.2, 0) is 4.79 Å². The van der Waals surface area contributed by atoms with Crippen molar-refractivity contribution in [2.45, 2.75) is 13.0 Å². The number of carbonyl (C=O) groups excluding carboxylic acids is 1. The molecule has 1 saturated heterocycles. The van der Waals surface area contributed by atoms with E-state index in [0.717, 1.165) is 36.9 Å². The van der Waals surface area contributed by atoms with Crippen LogP contribution in [0.3, 0.4) is 0 Å². The van der Waals surface area contributed by atoms with Gasteiger partial charge in [-0.3, -0.25) is 4.79 Å². The monoisotopic (exact) mass is 268 g/mol. The highest BCUT2D eigenvalue weighted by molar-refractivity contribution is 6.30. The average Bonchev–Trinajstić information content (AvgIpc) is 2.38. The zero-order chi connectivity index (χ0) is 13.1. The van der Waals surface area contributed by atoms with E-state index in [1.807, 2.05) is 25.1 Å². The number of nitrogens with zero attached hydrogens (tertiary/aromatic N) is 1. The first-order valence-electron chi connectivity index (χ1n) is 6.22. The minimum absolute atomic E-state index is 0.105. The fraction of sp³-hybridized carbons (Fsp3) is 0.462. The van der Waals surface area contributed by atoms with E-state index in [0.29, 0.717) is 0 Å². The highest BCUT2D eigenvalue weighted by atomic mass is 35.5. The van der Waals surface area contributed by atoms with Gasteiger partial charge in [0.1, 0.15) is 0 Å². The molecule has 18 heavy (non-hydrogen) atoms. The van der Waals surface area contributed by atoms with Crippen LogP contribution in [0.15, 0.2) is 24.3 Å². The largest absolute Gasteiger partial charge is 0.365 e. The average molecular weight is 269 g/mol. The quantitative estimate of drug-likeness (QED) is 0.806. The number of carbonyl (C=O) groups is 1. The normalized spacial score (nSPS) is 18.7. The van der Waals surface area contributed by atoms with E-state index in [-0.39, 0.29) is 11.9 Å². The molecule has 1 aromatic carbocycles. The maximum Gasteiger partial charge on any atom is 0.275 e. The Bertz CT molecular complexity index is 430. The molecule has 98 valence electrons. The number of primary amides is 1. The molecule has 1 heterocycles. The van der Waals surface area contributed by atoms with E-state index in [2.05, 4.69) is 11.0 Å². The topological polar surface area (TPSA) is 50.8 Å². The van der Waals surface area contributed by atoms with Crippen LogP contribution in [0.5, 0.6) is 0 Å². The van der Waals surface area contributed by atoms with Gasteiger partial charge in [-0.25, -0.2) is 0 Å². The molecular formula is C13H19ClN3O+. The van der Waals surface area contributed by atoms with Crippen LogP contribution < -0.4 is 15.5 Å². The van der Waals surface area contributed by atoms with Gasteiger partial charge in [0.05, 0.1) is 26.2 Å². The molecule has 0 aliphatic carbocycles. The van der Waals surface area contributed by atoms with E-state index in [1.165, 1.54) is 4.90 Å². The highest BCUT2D eigenvalue weighted by Crippen LogP contribution is 2.19. The van der Waals surface area contributed by atoms with Gasteiger partial charge in [0.25, 0.3) is 5.91 Å². The standard InChI is InChI=1S/C13H18ClN3O/c1-10(13(15)18)16-5-7-17(8-6-16)12-4-2-3-11(14)9-12/h2-4,9-10H,5-8H2,1H3,(H2,15,18)/p+1/t10-/m0/s1. The second-order valence-corrected chi connectivity index (χ2v) is 5.19. The van der Waals surface area contributed by atoms with Gasteiger partial charge >= 0.3 is 0 Å². The molecule has 1 aromatic rings. The molecule has 1 aliphatic heterocycles. The maximum atomic E-state index is 11.2. The molecule has 5 heteroatoms. The highest BCUT2D eigenvalue weighted by Gasteiger charge is 2.27. The summed E-state index contributed by atoms with van der Waals surface area (Å²) in [4.78, 5) is 14.7. The van der Waals surface area contributed by atoms with E-state index >= 15 is 0 Å². The molecule has 1 amide bonds. The number of hydrogen-bond donors (Lipinski definition) is 2. The Morgan fingerprint density at radius 3 is 2.67 bits per heavy atom. The third kappa shape index (κ3) is 2.94. The predicted octanol–water partition coefficient (Wildman–Crippen LogP) is -0.0813. The molecule has 1 atom stereocenters. The third-order valence-corrected chi connectivity index (χ3v) is 3.85. The Labute approximate surface area is 112 Å². The van der Waals surface area contributed by atoms with Gasteiger partial charge in [0.2, 0.25) is 0 Å². The van der Waals surface area contributed by atoms with Gasteiger partial charge in [-0.15, -0.1) is 0 Å². The fourth-order valence-electron chi connectivity index (χ4n) is 2.36. The van der Waals surface area contributed by atoms with Crippen molar-refractivity contribution in [1.29, 1.82) is 0 Å². The fourth-order valence-corrected chi connectivity index (χ4v) is 2.54. The number of amides is 1. The Kier molecular flexibility index (Phi) is 4.09. The molecular weight excluding hydrogens is 250 g/mol. The molecule has 4 nitrogen and oxygen atoms in total. The van der Waals surface area contributed by atoms with Crippen molar-refractivity contribution in [3.8, 4) is 0 Å². The molecule has 0 unspecified atom stereocenters. The summed E-state index contributed by atoms with van der Waals surface area (Å²) in [5.41, 5.74) is 6.49. The summed E-state index contributed by atoms with van der Waals surface area (Å²) < 4.78 is 0. The van der Waals surface area contributed by atoms with Crippen LogP contribution in [0.1, 0.15) is 6.92 Å². The number of anilines is 1. The number of rotatable bonds is 3. The van der Waals surface area contributed by atoms with Gasteiger partial charge in [-0.1, -0.05) is 17.7 Å². The summed E-state index contributed by atoms with van der Waals surface area (Å²) in [5.74, 6) is -0.221. The van der Waals surface area contributed by atoms with E-state index < -0.39 is 0 Å². The molecule has 2 rings (SSSR count). The second-order valence-electron chi connectivity index (χ2n) is 4.75. The Morgan fingerprint density at radius 1 is 1.44 bits per heavy atom. The van der Waals surface area contributed by atoms with Crippen molar-refractivity contribution in [3.05, 3.63) is 29.3 Å². The summed E-state index contributed by atoms with van der Waals surface area (Å²) in [6.45, 7) is 5.60. The summed E-state index contributed by atoms with van der Waals surface area (Å²) >= 11 is 5.99. The van der Waals surface area contributed by atoms with Crippen molar-refractivity contribution in [3.63, 3.8) is 0 Å². The van der Waals surface area contributed by atoms with Crippen molar-refractivity contribution >= 4 is 23.2 Å². The first-order chi connectivity index (χ1) is 8.58. The number of nitrogens with two attached hydrogens (primary N) is 1. The number of piperazine rings is 1. The number of hydrogen-bond acceptors (Lipinski definition) is 2. The van der Waals surface area contributed by atoms with Crippen molar-refractivity contribution in [2.75, 3.05) is 31.1 Å². The minimum Gasteiger partial charge on any atom is -0.365 e. The first-order valence-corrected chi connectivity index (χ1v) is 6.60. The number of nitrogens with one attached hydrogen (secondary N) is 1. The second kappa shape index (κ2) is 5.59. The van der Waals surface area contributed by atoms with Crippen LogP contribution in [0.25, 0.3) is 0 Å². The van der Waals surface area contributed by atoms with Gasteiger partial charge < -0.3 is 15.5 Å². The lowest BCUT2D eigenvalue weighted by Crippen LogP contribution is -3.19. The Hall–Kier alpha value is -1.26. The van der Waals surface area contributed by atoms with Crippen molar-refractivity contribution in [1.82, 2.24) is 0 Å². The van der Waals surface area contributed by atoms with Crippen LogP contribution >= 0.6 is 11.6 Å². The minimum atomic E-state index is -0.221. The number of quaternary nitrogens is 1. The summed E-state index contributed by atoms with van der Waals surface area (Å²) in [5, 5.41) is 0.757. The lowest BCUT2D eigenvalue weighted by Gasteiger charge is -2.35. The molecule has 0 radical (unpaired) electrons. The molecule has 0 saturated carbocycles. The zero-order valence-electron chi connectivity index (χ0n) is 10.5. The van der Waals surface area contributed by atoms with Gasteiger partial charge in [0, 0.05) is 10.7 Å². The van der Waals surface area contributed by atoms with Gasteiger partial charge in [0.15, 0.2) is 6.04 Å². The number of halogens is 1. The van der Waals surface area contributed by atoms with Crippen LogP contribution in [0, 0.1) is 0 Å². The SMILES string of the molecule is C[C@@H](C(N)=O)[NH+]1CCN(c2cccc(Cl)c2)CC1. The van der Waals surface area contributed by atoms with Crippen molar-refractivity contribution in [2.24, 2.45) is 5.73 Å². The van der Waals surface area contributed by atoms with E-state index in [1.54, 1.807) is 0 Å². The molecule has 0 bridgehead atoms. The lowest BCUT2D eigenvalue weighted by atomic mass is 10.2. The number of benzene rings is 1. The summed E-state index contributed by atoms with van der Waals surface area (Å²) in [6, 6.07) is 7.77. The van der Waals surface area contributed by atoms with Gasteiger partial charge in [-0.05, 0) is 25.1 Å². The van der Waals surface area contributed by atoms with Crippen LogP contribution in [0.2, 0.25) is 5.02 Å². The molecule has 0 spiro atoms. The van der Waals surface area contributed by atoms with Gasteiger partial charge in [-0.2, -0.15) is 0 Å². The van der Waals surface area contributed by atoms with E-state index in [9.17, 15) is 4.79 Å². The maximum absolute atomic E-state index is 11.2. The Balaban J connectivity index is 1.96. The van der Waals surface area contributed by atoms with E-state index in [4.69, 9.17) is 17.3 Å². The predicted molar refractivity (Wildman–Crippen MR) is 73.0 cm³/mol. The summed E-state index contributed by atoms with van der Waals surface area (Å²) in [7, 11) is 0. The molecule has 1 fully saturated rings. The molecule has 3 N–H and O–H groups in total.